The fraction of sp³-hybridized carbons (Fsp3) is 0.167. The molecule has 0 aliphatic heterocycles. The molecule has 22 heavy (non-hydrogen) atoms. The number of amides is 1. The van der Waals surface area contributed by atoms with Gasteiger partial charge in [-0.15, -0.1) is 0 Å². The molecule has 0 saturated heterocycles. The van der Waals surface area contributed by atoms with E-state index in [2.05, 4.69) is 20.9 Å². The lowest BCUT2D eigenvalue weighted by molar-refractivity contribution is -0.137. The number of halogens is 6. The Hall–Kier alpha value is -1.55. The van der Waals surface area contributed by atoms with Crippen molar-refractivity contribution in [3.8, 4) is 5.69 Å². The molecule has 0 fully saturated rings. The van der Waals surface area contributed by atoms with Gasteiger partial charge in [0.1, 0.15) is 0 Å². The van der Waals surface area contributed by atoms with E-state index in [1.807, 2.05) is 0 Å². The predicted octanol–water partition coefficient (Wildman–Crippen LogP) is 4.01. The van der Waals surface area contributed by atoms with Crippen LogP contribution in [-0.2, 0) is 11.0 Å². The standard InChI is InChI=1S/C12H6BrF5N2OS/c13-8-5-20(11(22-8)19-10(21)9(14)15)7-3-1-2-6(4-7)12(16,17)18/h1-5,9H. The third-order valence-corrected chi connectivity index (χ3v) is 3.93. The summed E-state index contributed by atoms with van der Waals surface area (Å²) >= 11 is 3.93. The molecule has 0 radical (unpaired) electrons. The molecular formula is C12H6BrF5N2OS. The summed E-state index contributed by atoms with van der Waals surface area (Å²) in [6, 6.07) is 4.24. The Balaban J connectivity index is 2.57. The van der Waals surface area contributed by atoms with Gasteiger partial charge < -0.3 is 0 Å². The van der Waals surface area contributed by atoms with Crippen molar-refractivity contribution in [1.29, 1.82) is 0 Å². The van der Waals surface area contributed by atoms with Crippen LogP contribution in [-0.4, -0.2) is 16.9 Å². The number of aromatic nitrogens is 1. The Morgan fingerprint density at radius 2 is 2.00 bits per heavy atom. The van der Waals surface area contributed by atoms with E-state index >= 15 is 0 Å². The molecule has 1 aromatic carbocycles. The van der Waals surface area contributed by atoms with Gasteiger partial charge in [0.2, 0.25) is 0 Å². The molecule has 3 nitrogen and oxygen atoms in total. The zero-order valence-corrected chi connectivity index (χ0v) is 12.8. The van der Waals surface area contributed by atoms with Crippen LogP contribution in [0.2, 0.25) is 0 Å². The first-order valence-corrected chi connectivity index (χ1v) is 7.22. The summed E-state index contributed by atoms with van der Waals surface area (Å²) in [6.45, 7) is 0. The number of rotatable bonds is 2. The van der Waals surface area contributed by atoms with E-state index in [4.69, 9.17) is 0 Å². The molecule has 0 N–H and O–H groups in total. The fourth-order valence-electron chi connectivity index (χ4n) is 1.56. The van der Waals surface area contributed by atoms with Gasteiger partial charge in [0.05, 0.1) is 9.35 Å². The van der Waals surface area contributed by atoms with E-state index < -0.39 is 24.1 Å². The van der Waals surface area contributed by atoms with Crippen molar-refractivity contribution < 1.29 is 26.7 Å². The van der Waals surface area contributed by atoms with Crippen molar-refractivity contribution in [2.24, 2.45) is 4.99 Å². The summed E-state index contributed by atoms with van der Waals surface area (Å²) in [4.78, 5) is 14.1. The van der Waals surface area contributed by atoms with Crippen LogP contribution in [0, 0.1) is 0 Å². The van der Waals surface area contributed by atoms with Crippen LogP contribution in [0.3, 0.4) is 0 Å². The van der Waals surface area contributed by atoms with Gasteiger partial charge in [-0.25, -0.2) is 0 Å². The van der Waals surface area contributed by atoms with Crippen molar-refractivity contribution in [2.75, 3.05) is 0 Å². The molecule has 0 unspecified atom stereocenters. The van der Waals surface area contributed by atoms with Crippen LogP contribution < -0.4 is 4.80 Å². The minimum atomic E-state index is -4.54. The minimum absolute atomic E-state index is 0.0533. The molecule has 2 rings (SSSR count). The van der Waals surface area contributed by atoms with Crippen LogP contribution >= 0.6 is 27.3 Å². The number of carbonyl (C=O) groups excluding carboxylic acids is 1. The molecule has 10 heteroatoms. The molecule has 1 heterocycles. The van der Waals surface area contributed by atoms with Crippen LogP contribution in [0.4, 0.5) is 22.0 Å². The van der Waals surface area contributed by atoms with Gasteiger partial charge in [-0.1, -0.05) is 17.4 Å². The highest BCUT2D eigenvalue weighted by atomic mass is 79.9. The SMILES string of the molecule is O=C(N=c1sc(Br)cn1-c1cccc(C(F)(F)F)c1)C(F)F. The smallest absolute Gasteiger partial charge is 0.291 e. The van der Waals surface area contributed by atoms with E-state index in [9.17, 15) is 26.7 Å². The molecule has 0 saturated carbocycles. The van der Waals surface area contributed by atoms with E-state index in [1.54, 1.807) is 0 Å². The second-order valence-corrected chi connectivity index (χ2v) is 6.38. The average molecular weight is 401 g/mol. The maximum Gasteiger partial charge on any atom is 0.416 e. The lowest BCUT2D eigenvalue weighted by atomic mass is 10.2. The summed E-state index contributed by atoms with van der Waals surface area (Å²) in [5.74, 6) is -1.66. The topological polar surface area (TPSA) is 34.4 Å². The summed E-state index contributed by atoms with van der Waals surface area (Å²) in [5, 5.41) is 0. The number of hydrogen-bond acceptors (Lipinski definition) is 2. The second-order valence-electron chi connectivity index (χ2n) is 3.99. The lowest BCUT2D eigenvalue weighted by Crippen LogP contribution is -2.18. The average Bonchev–Trinajstić information content (AvgIpc) is 2.78. The van der Waals surface area contributed by atoms with E-state index in [1.165, 1.54) is 18.3 Å². The molecule has 1 amide bonds. The predicted molar refractivity (Wildman–Crippen MR) is 72.9 cm³/mol. The third kappa shape index (κ3) is 3.80. The van der Waals surface area contributed by atoms with Gasteiger partial charge in [-0.3, -0.25) is 9.36 Å². The van der Waals surface area contributed by atoms with Crippen molar-refractivity contribution in [3.63, 3.8) is 0 Å². The molecule has 2 aromatic rings. The quantitative estimate of drug-likeness (QED) is 0.701. The molecule has 118 valence electrons. The lowest BCUT2D eigenvalue weighted by Gasteiger charge is -2.09. The maximum atomic E-state index is 12.7. The number of carbonyl (C=O) groups is 1. The molecule has 0 atom stereocenters. The molecule has 0 spiro atoms. The van der Waals surface area contributed by atoms with Crippen LogP contribution in [0.25, 0.3) is 5.69 Å². The van der Waals surface area contributed by atoms with E-state index in [0.717, 1.165) is 28.0 Å². The fourth-order valence-corrected chi connectivity index (χ4v) is 2.92. The first-order valence-electron chi connectivity index (χ1n) is 5.61. The van der Waals surface area contributed by atoms with Crippen molar-refractivity contribution in [2.45, 2.75) is 12.6 Å². The van der Waals surface area contributed by atoms with Crippen LogP contribution in [0.15, 0.2) is 39.2 Å². The van der Waals surface area contributed by atoms with Gasteiger partial charge in [0.25, 0.3) is 0 Å². The zero-order valence-electron chi connectivity index (χ0n) is 10.4. The molecule has 0 bridgehead atoms. The van der Waals surface area contributed by atoms with E-state index in [-0.39, 0.29) is 10.5 Å². The monoisotopic (exact) mass is 400 g/mol. The Bertz CT molecular complexity index is 765. The van der Waals surface area contributed by atoms with Gasteiger partial charge in [0.15, 0.2) is 4.80 Å². The first kappa shape index (κ1) is 16.8. The second kappa shape index (κ2) is 6.29. The summed E-state index contributed by atoms with van der Waals surface area (Å²) in [6.07, 6.45) is -6.48. The Morgan fingerprint density at radius 3 is 2.59 bits per heavy atom. The van der Waals surface area contributed by atoms with Gasteiger partial charge in [-0.05, 0) is 34.1 Å². The third-order valence-electron chi connectivity index (χ3n) is 2.47. The number of hydrogen-bond donors (Lipinski definition) is 0. The number of alkyl halides is 5. The summed E-state index contributed by atoms with van der Waals surface area (Å²) < 4.78 is 64.2. The van der Waals surface area contributed by atoms with Gasteiger partial charge in [-0.2, -0.15) is 26.9 Å². The van der Waals surface area contributed by atoms with Crippen molar-refractivity contribution in [1.82, 2.24) is 4.57 Å². The number of nitrogens with zero attached hydrogens (tertiary/aromatic N) is 2. The highest BCUT2D eigenvalue weighted by Crippen LogP contribution is 2.30. The maximum absolute atomic E-state index is 12.7. The highest BCUT2D eigenvalue weighted by molar-refractivity contribution is 9.11. The van der Waals surface area contributed by atoms with Crippen molar-refractivity contribution >= 4 is 33.2 Å². The largest absolute Gasteiger partial charge is 0.416 e. The van der Waals surface area contributed by atoms with E-state index in [0.29, 0.717) is 3.79 Å². The van der Waals surface area contributed by atoms with Crippen LogP contribution in [0.5, 0.6) is 0 Å². The molecular weight excluding hydrogens is 395 g/mol. The minimum Gasteiger partial charge on any atom is -0.291 e. The molecule has 0 aliphatic carbocycles. The Morgan fingerprint density at radius 1 is 1.32 bits per heavy atom. The van der Waals surface area contributed by atoms with Crippen molar-refractivity contribution in [3.05, 3.63) is 44.6 Å². The Kier molecular flexibility index (Phi) is 4.81. The van der Waals surface area contributed by atoms with Gasteiger partial charge >= 0.3 is 18.5 Å². The highest BCUT2D eigenvalue weighted by Gasteiger charge is 2.30. The number of thiazole rings is 1. The Labute approximate surface area is 132 Å². The molecule has 1 aromatic heterocycles. The van der Waals surface area contributed by atoms with Gasteiger partial charge in [0, 0.05) is 11.9 Å². The normalized spacial score (nSPS) is 13.0. The number of benzene rings is 1. The molecule has 0 aliphatic rings. The summed E-state index contributed by atoms with van der Waals surface area (Å²) in [5.41, 5.74) is -0.844. The van der Waals surface area contributed by atoms with Crippen LogP contribution in [0.1, 0.15) is 5.56 Å². The summed E-state index contributed by atoms with van der Waals surface area (Å²) in [7, 11) is 0. The first-order chi connectivity index (χ1) is 10.2. The zero-order chi connectivity index (χ0) is 16.5.